The van der Waals surface area contributed by atoms with E-state index in [1.165, 1.54) is 11.8 Å². The molecular weight excluding hydrogens is 889 g/mol. The van der Waals surface area contributed by atoms with Crippen molar-refractivity contribution in [1.82, 2.24) is 42.1 Å². The molecule has 9 amide bonds. The molecule has 1 heterocycles. The lowest BCUT2D eigenvalue weighted by Gasteiger charge is -2.31. The number of hydrogen-bond donors (Lipinski definition) is 14. The van der Waals surface area contributed by atoms with Crippen LogP contribution in [0.1, 0.15) is 113 Å². The maximum atomic E-state index is 13.9. The summed E-state index contributed by atoms with van der Waals surface area (Å²) in [6.07, 6.45) is 2.29. The summed E-state index contributed by atoms with van der Waals surface area (Å²) < 4.78 is 0. The number of guanidine groups is 1. The van der Waals surface area contributed by atoms with E-state index in [1.807, 2.05) is 6.92 Å². The fourth-order valence-corrected chi connectivity index (χ4v) is 7.43. The molecule has 0 bridgehead atoms. The molecule has 1 aliphatic rings. The minimum absolute atomic E-state index is 0.0273. The first-order valence-corrected chi connectivity index (χ1v) is 23.5. The summed E-state index contributed by atoms with van der Waals surface area (Å²) >= 11 is 0. The second-order valence-corrected chi connectivity index (χ2v) is 18.1. The highest BCUT2D eigenvalue weighted by atomic mass is 16.4. The minimum atomic E-state index is -1.59. The Bertz CT molecular complexity index is 1780. The van der Waals surface area contributed by atoms with Crippen molar-refractivity contribution in [3.05, 3.63) is 0 Å². The number of nitrogens with one attached hydrogen (secondary N) is 8. The summed E-state index contributed by atoms with van der Waals surface area (Å²) in [6.45, 7) is 12.6. The number of hydrogen-bond acceptors (Lipinski definition) is 10. The number of unbranched alkanes of at least 4 members (excludes halogenated alkanes) is 1. The molecule has 9 atom stereocenters. The lowest BCUT2D eigenvalue weighted by molar-refractivity contribution is -0.459. The van der Waals surface area contributed by atoms with Crippen molar-refractivity contribution in [2.75, 3.05) is 26.2 Å². The predicted octanol–water partition coefficient (Wildman–Crippen LogP) is -7.11. The van der Waals surface area contributed by atoms with E-state index in [2.05, 4.69) is 53.7 Å². The molecule has 0 aromatic rings. The Hall–Kier alpha value is -6.11. The van der Waals surface area contributed by atoms with Gasteiger partial charge < -0.3 is 64.4 Å². The molecule has 0 spiro atoms. The van der Waals surface area contributed by atoms with Crippen LogP contribution in [0, 0.1) is 17.8 Å². The van der Waals surface area contributed by atoms with E-state index in [0.717, 1.165) is 0 Å². The third-order valence-corrected chi connectivity index (χ3v) is 11.5. The van der Waals surface area contributed by atoms with Gasteiger partial charge in [-0.05, 0) is 76.0 Å². The number of quaternary nitrogens is 2. The van der Waals surface area contributed by atoms with Gasteiger partial charge in [-0.3, -0.25) is 59.6 Å². The van der Waals surface area contributed by atoms with Gasteiger partial charge >= 0.3 is 11.9 Å². The molecule has 1 rings (SSSR count). The van der Waals surface area contributed by atoms with Crippen molar-refractivity contribution in [1.29, 1.82) is 0 Å². The molecular formula is C43H81N14O11+3. The first kappa shape index (κ1) is 59.9. The van der Waals surface area contributed by atoms with E-state index in [4.69, 9.17) is 17.2 Å². The van der Waals surface area contributed by atoms with Gasteiger partial charge in [-0.1, -0.05) is 48.0 Å². The summed E-state index contributed by atoms with van der Waals surface area (Å²) in [4.78, 5) is 136. The first-order chi connectivity index (χ1) is 31.9. The summed E-state index contributed by atoms with van der Waals surface area (Å²) in [6, 6.07) is -9.72. The van der Waals surface area contributed by atoms with E-state index in [1.54, 1.807) is 34.6 Å². The van der Waals surface area contributed by atoms with Gasteiger partial charge in [-0.2, -0.15) is 0 Å². The smallest absolute Gasteiger partial charge is 0.338 e. The molecule has 25 heteroatoms. The van der Waals surface area contributed by atoms with E-state index in [9.17, 15) is 53.1 Å². The predicted molar refractivity (Wildman–Crippen MR) is 247 cm³/mol. The van der Waals surface area contributed by atoms with Gasteiger partial charge in [0.15, 0.2) is 6.54 Å². The van der Waals surface area contributed by atoms with Crippen LogP contribution >= 0.6 is 0 Å². The minimum Gasteiger partial charge on any atom is -0.480 e. The number of carboxylic acids is 1. The number of carbonyl (C=O) groups excluding carboxylic acids is 9. The zero-order chi connectivity index (χ0) is 51.8. The average molecular weight is 970 g/mol. The van der Waals surface area contributed by atoms with Gasteiger partial charge in [0.25, 0.3) is 5.91 Å². The van der Waals surface area contributed by atoms with Crippen molar-refractivity contribution in [3.8, 4) is 0 Å². The number of carboxylic acid groups (broad SMARTS) is 1. The molecule has 0 aromatic heterocycles. The molecule has 1 aliphatic heterocycles. The van der Waals surface area contributed by atoms with Gasteiger partial charge in [0.1, 0.15) is 48.3 Å². The van der Waals surface area contributed by atoms with Crippen LogP contribution < -0.4 is 70.9 Å². The fraction of sp³-hybridized carbons (Fsp3) is 0.744. The summed E-state index contributed by atoms with van der Waals surface area (Å²) in [7, 11) is 0. The van der Waals surface area contributed by atoms with Crippen LogP contribution in [0.5, 0.6) is 0 Å². The highest BCUT2D eigenvalue weighted by Crippen LogP contribution is 2.20. The highest BCUT2D eigenvalue weighted by molar-refractivity contribution is 5.99. The number of amides is 9. The lowest BCUT2D eigenvalue weighted by atomic mass is 9.96. The second kappa shape index (κ2) is 30.3. The Morgan fingerprint density at radius 1 is 0.691 bits per heavy atom. The second-order valence-electron chi connectivity index (χ2n) is 18.1. The number of carbonyl (C=O) groups is 10. The Kier molecular flexibility index (Phi) is 26.7. The zero-order valence-corrected chi connectivity index (χ0v) is 40.9. The number of rotatable bonds is 31. The van der Waals surface area contributed by atoms with Gasteiger partial charge in [0.2, 0.25) is 47.3 Å². The Labute approximate surface area is 398 Å². The van der Waals surface area contributed by atoms with Gasteiger partial charge in [-0.15, -0.1) is 0 Å². The number of primary amides is 1. The number of nitrogens with zero attached hydrogens (tertiary/aromatic N) is 1. The third-order valence-electron chi connectivity index (χ3n) is 11.5. The van der Waals surface area contributed by atoms with Crippen LogP contribution in [-0.2, 0) is 47.9 Å². The molecule has 0 aliphatic carbocycles. The highest BCUT2D eigenvalue weighted by Gasteiger charge is 2.40. The van der Waals surface area contributed by atoms with Crippen molar-refractivity contribution < 1.29 is 69.5 Å². The van der Waals surface area contributed by atoms with Gasteiger partial charge in [0, 0.05) is 6.54 Å². The van der Waals surface area contributed by atoms with E-state index >= 15 is 0 Å². The molecule has 1 fully saturated rings. The number of aliphatic carboxylic acids is 1. The normalized spacial score (nSPS) is 16.9. The van der Waals surface area contributed by atoms with E-state index < -0.39 is 126 Å². The Morgan fingerprint density at radius 2 is 1.25 bits per heavy atom. The SMILES string of the molecule is CC[C@H](C)[C@H](NC(=O)[C@@H]1CCCN1C(=O)[C@H](C)NC(=O)[C@H](CC(N)=O)NC(=O)[C@H](CC(C)C)NC(=O)[C@H](CCC[NH+]=C(N)N)NC(=O)C[NH3+])C(=O)N[C@@H](CCCC[NH3+])C(=O)N[C@H](C(=O)O)C(C)C. The molecule has 0 unspecified atom stereocenters. The number of likely N-dealkylation sites (tertiary alicyclic amines) is 1. The largest absolute Gasteiger partial charge is 0.480 e. The Balaban J connectivity index is 3.25. The van der Waals surface area contributed by atoms with Crippen LogP contribution in [0.3, 0.4) is 0 Å². The van der Waals surface area contributed by atoms with Crippen molar-refractivity contribution in [2.24, 2.45) is 35.0 Å². The topological polar surface area (TPSA) is 426 Å². The quantitative estimate of drug-likeness (QED) is 0.0175. The van der Waals surface area contributed by atoms with E-state index in [-0.39, 0.29) is 57.2 Å². The first-order valence-electron chi connectivity index (χ1n) is 23.5. The summed E-state index contributed by atoms with van der Waals surface area (Å²) in [5.41, 5.74) is 23.7. The Morgan fingerprint density at radius 3 is 1.79 bits per heavy atom. The molecule has 386 valence electrons. The van der Waals surface area contributed by atoms with Crippen molar-refractivity contribution in [2.45, 2.75) is 161 Å². The molecule has 68 heavy (non-hydrogen) atoms. The van der Waals surface area contributed by atoms with Gasteiger partial charge in [-0.25, -0.2) is 4.79 Å². The van der Waals surface area contributed by atoms with Crippen molar-refractivity contribution in [3.63, 3.8) is 0 Å². The zero-order valence-electron chi connectivity index (χ0n) is 40.9. The molecule has 21 N–H and O–H groups in total. The van der Waals surface area contributed by atoms with Crippen LogP contribution in [0.4, 0.5) is 0 Å². The molecule has 25 nitrogen and oxygen atoms in total. The van der Waals surface area contributed by atoms with Crippen LogP contribution in [-0.4, -0.2) is 150 Å². The number of nitrogens with two attached hydrogens (primary N) is 3. The summed E-state index contributed by atoms with van der Waals surface area (Å²) in [5, 5.41) is 27.8. The maximum Gasteiger partial charge on any atom is 0.338 e. The monoisotopic (exact) mass is 970 g/mol. The molecule has 1 saturated heterocycles. The molecule has 0 aromatic carbocycles. The van der Waals surface area contributed by atoms with Crippen LogP contribution in [0.25, 0.3) is 0 Å². The average Bonchev–Trinajstić information content (AvgIpc) is 3.76. The third kappa shape index (κ3) is 20.8. The van der Waals surface area contributed by atoms with Gasteiger partial charge in [0.05, 0.1) is 19.5 Å². The standard InChI is InChI=1S/C43H78N14O11/c1-8-24(6)34(40(65)52-27(13-9-10-16-44)36(61)55-33(23(4)5)42(67)68)56-39(64)30-15-12-18-57(30)41(66)25(7)50-37(62)29(20-31(46)58)54-38(63)28(19-22(2)3)53-35(60)26(51-32(59)21-45)14-11-17-49-43(47)48/h22-30,33-34H,8-21,44-45H2,1-7H3,(H2,46,58)(H,50,62)(H,51,59)(H,52,65)(H,53,60)(H,54,63)(H,55,61)(H,56,64)(H,67,68)(H4,47,48,49)/p+3/t24-,25-,26-,27-,28-,29-,30-,33-,34-/m0/s1. The van der Waals surface area contributed by atoms with Crippen LogP contribution in [0.2, 0.25) is 0 Å². The molecule has 0 radical (unpaired) electrons. The lowest BCUT2D eigenvalue weighted by Crippen LogP contribution is -2.78. The summed E-state index contributed by atoms with van der Waals surface area (Å²) in [5.74, 6) is -8.96. The fourth-order valence-electron chi connectivity index (χ4n) is 7.43. The van der Waals surface area contributed by atoms with Crippen molar-refractivity contribution >= 4 is 65.1 Å². The molecule has 0 saturated carbocycles. The maximum absolute atomic E-state index is 13.9. The van der Waals surface area contributed by atoms with E-state index in [0.29, 0.717) is 38.6 Å². The van der Waals surface area contributed by atoms with Crippen LogP contribution in [0.15, 0.2) is 0 Å².